The van der Waals surface area contributed by atoms with Crippen LogP contribution in [-0.4, -0.2) is 76.9 Å². The fraction of sp³-hybridized carbons (Fsp3) is 0.452. The number of aromatic nitrogens is 2. The first-order valence-corrected chi connectivity index (χ1v) is 14.7. The van der Waals surface area contributed by atoms with Gasteiger partial charge in [-0.25, -0.2) is 0 Å². The van der Waals surface area contributed by atoms with E-state index in [2.05, 4.69) is 49.9 Å². The minimum Gasteiger partial charge on any atom is -0.495 e. The monoisotopic (exact) mass is 576 g/mol. The number of aryl methyl sites for hydroxylation is 1. The van der Waals surface area contributed by atoms with E-state index in [1.54, 1.807) is 7.11 Å². The predicted molar refractivity (Wildman–Crippen MR) is 164 cm³/mol. The molecule has 2 aliphatic heterocycles. The summed E-state index contributed by atoms with van der Waals surface area (Å²) in [6, 6.07) is 15.5. The van der Waals surface area contributed by atoms with Crippen molar-refractivity contribution in [3.8, 4) is 5.75 Å². The number of ether oxygens (including phenoxy) is 2. The van der Waals surface area contributed by atoms with Crippen LogP contribution in [0.1, 0.15) is 47.6 Å². The summed E-state index contributed by atoms with van der Waals surface area (Å²) in [5.41, 5.74) is 5.25. The molecular weight excluding hydrogens is 536 g/mol. The van der Waals surface area contributed by atoms with E-state index in [4.69, 9.17) is 21.7 Å². The van der Waals surface area contributed by atoms with Crippen LogP contribution in [0.5, 0.6) is 5.75 Å². The van der Waals surface area contributed by atoms with E-state index in [-0.39, 0.29) is 24.4 Å². The molecule has 1 amide bonds. The van der Waals surface area contributed by atoms with E-state index in [9.17, 15) is 4.79 Å². The number of methoxy groups -OCH3 is 1. The van der Waals surface area contributed by atoms with Crippen molar-refractivity contribution < 1.29 is 14.3 Å². The summed E-state index contributed by atoms with van der Waals surface area (Å²) in [5, 5.41) is 7.14. The zero-order valence-corrected chi connectivity index (χ0v) is 25.0. The Balaban J connectivity index is 1.34. The summed E-state index contributed by atoms with van der Waals surface area (Å²) in [4.78, 5) is 22.3. The molecule has 0 spiro atoms. The molecule has 0 unspecified atom stereocenters. The maximum atomic E-state index is 13.0. The molecule has 218 valence electrons. The van der Waals surface area contributed by atoms with Gasteiger partial charge in [0.05, 0.1) is 43.8 Å². The van der Waals surface area contributed by atoms with Gasteiger partial charge in [-0.15, -0.1) is 0 Å². The van der Waals surface area contributed by atoms with E-state index in [0.29, 0.717) is 23.1 Å². The number of pyridine rings is 1. The Bertz CT molecular complexity index is 1340. The summed E-state index contributed by atoms with van der Waals surface area (Å²) >= 11 is 5.85. The summed E-state index contributed by atoms with van der Waals surface area (Å²) < 4.78 is 13.3. The van der Waals surface area contributed by atoms with Crippen molar-refractivity contribution in [3.05, 3.63) is 77.4 Å². The van der Waals surface area contributed by atoms with Crippen LogP contribution in [0.3, 0.4) is 0 Å². The maximum absolute atomic E-state index is 13.0. The van der Waals surface area contributed by atoms with Gasteiger partial charge >= 0.3 is 0 Å². The standard InChI is InChI=1S/C31H40N6O3S/c1-22-21-24(23(2)36(22)15-8-14-35-17-19-40-20-18-35)30-29(26-10-6-7-13-32-26)34-31(41)37(30)16-12-28(38)33-25-9-4-5-11-27(25)39-3/h4-7,9-11,13,21,29-30H,8,12,14-20H2,1-3H3,(H,33,38)(H,34,41)/t29-,30+/m1/s1. The molecule has 0 radical (unpaired) electrons. The highest BCUT2D eigenvalue weighted by atomic mass is 32.1. The molecule has 1 aromatic carbocycles. The van der Waals surface area contributed by atoms with E-state index in [0.717, 1.165) is 51.5 Å². The fourth-order valence-electron chi connectivity index (χ4n) is 5.92. The largest absolute Gasteiger partial charge is 0.495 e. The average molecular weight is 577 g/mol. The number of morpholine rings is 1. The molecular formula is C31H40N6O3S. The molecule has 3 aromatic rings. The zero-order chi connectivity index (χ0) is 28.8. The number of carbonyl (C=O) groups excluding carboxylic acids is 1. The van der Waals surface area contributed by atoms with Crippen LogP contribution in [0.4, 0.5) is 5.69 Å². The molecule has 4 heterocycles. The summed E-state index contributed by atoms with van der Waals surface area (Å²) in [6.07, 6.45) is 3.17. The smallest absolute Gasteiger partial charge is 0.226 e. The molecule has 2 N–H and O–H groups in total. The number of hydrogen-bond acceptors (Lipinski definition) is 6. The van der Waals surface area contributed by atoms with Gasteiger partial charge in [0.25, 0.3) is 0 Å². The van der Waals surface area contributed by atoms with Gasteiger partial charge < -0.3 is 29.6 Å². The van der Waals surface area contributed by atoms with Gasteiger partial charge in [0.1, 0.15) is 5.75 Å². The Morgan fingerprint density at radius 3 is 2.66 bits per heavy atom. The molecule has 2 fully saturated rings. The highest BCUT2D eigenvalue weighted by Crippen LogP contribution is 2.41. The molecule has 2 atom stereocenters. The van der Waals surface area contributed by atoms with Gasteiger partial charge in [0, 0.05) is 56.7 Å². The number of para-hydroxylation sites is 2. The second kappa shape index (κ2) is 13.5. The van der Waals surface area contributed by atoms with Gasteiger partial charge in [-0.1, -0.05) is 18.2 Å². The number of rotatable bonds is 11. The number of amides is 1. The summed E-state index contributed by atoms with van der Waals surface area (Å²) in [5.74, 6) is 0.541. The first-order valence-electron chi connectivity index (χ1n) is 14.3. The number of hydrogen-bond donors (Lipinski definition) is 2. The zero-order valence-electron chi connectivity index (χ0n) is 24.1. The molecule has 9 nitrogen and oxygen atoms in total. The fourth-order valence-corrected chi connectivity index (χ4v) is 6.25. The SMILES string of the molecule is COc1ccccc1NC(=O)CCN1C(=S)N[C@H](c2ccccn2)[C@@H]1c1cc(C)n(CCCN2CCOCC2)c1C. The van der Waals surface area contributed by atoms with Gasteiger partial charge in [-0.05, 0) is 68.4 Å². The van der Waals surface area contributed by atoms with Crippen LogP contribution < -0.4 is 15.4 Å². The lowest BCUT2D eigenvalue weighted by Crippen LogP contribution is -2.37. The molecule has 2 saturated heterocycles. The Labute approximate surface area is 247 Å². The lowest BCUT2D eigenvalue weighted by atomic mass is 9.96. The first-order chi connectivity index (χ1) is 20.0. The van der Waals surface area contributed by atoms with Crippen LogP contribution in [-0.2, 0) is 16.1 Å². The van der Waals surface area contributed by atoms with E-state index in [1.165, 1.54) is 17.0 Å². The minimum absolute atomic E-state index is 0.0874. The molecule has 0 saturated carbocycles. The third-order valence-electron chi connectivity index (χ3n) is 8.05. The van der Waals surface area contributed by atoms with Gasteiger partial charge in [-0.2, -0.15) is 0 Å². The van der Waals surface area contributed by atoms with Gasteiger partial charge in [0.2, 0.25) is 5.91 Å². The Hall–Kier alpha value is -3.47. The third kappa shape index (κ3) is 6.72. The van der Waals surface area contributed by atoms with Gasteiger partial charge in [0.15, 0.2) is 5.11 Å². The molecule has 10 heteroatoms. The van der Waals surface area contributed by atoms with Crippen molar-refractivity contribution in [3.63, 3.8) is 0 Å². The highest BCUT2D eigenvalue weighted by Gasteiger charge is 2.41. The predicted octanol–water partition coefficient (Wildman–Crippen LogP) is 4.23. The number of nitrogens with one attached hydrogen (secondary N) is 2. The van der Waals surface area contributed by atoms with E-state index >= 15 is 0 Å². The first kappa shape index (κ1) is 29.0. The van der Waals surface area contributed by atoms with Crippen LogP contribution >= 0.6 is 12.2 Å². The summed E-state index contributed by atoms with van der Waals surface area (Å²) in [6.45, 7) is 10.5. The van der Waals surface area contributed by atoms with Crippen molar-refractivity contribution in [1.82, 2.24) is 24.7 Å². The van der Waals surface area contributed by atoms with Crippen molar-refractivity contribution in [1.29, 1.82) is 0 Å². The van der Waals surface area contributed by atoms with Crippen molar-refractivity contribution in [2.24, 2.45) is 0 Å². The number of benzene rings is 1. The summed E-state index contributed by atoms with van der Waals surface area (Å²) in [7, 11) is 1.60. The Kier molecular flexibility index (Phi) is 9.53. The maximum Gasteiger partial charge on any atom is 0.226 e. The molecule has 5 rings (SSSR count). The average Bonchev–Trinajstić information content (AvgIpc) is 3.47. The number of carbonyl (C=O) groups is 1. The normalized spacial score (nSPS) is 19.3. The molecule has 2 aliphatic rings. The third-order valence-corrected chi connectivity index (χ3v) is 8.40. The number of thiocarbonyl (C=S) groups is 1. The van der Waals surface area contributed by atoms with Gasteiger partial charge in [-0.3, -0.25) is 14.7 Å². The Morgan fingerprint density at radius 1 is 1.12 bits per heavy atom. The van der Waals surface area contributed by atoms with E-state index in [1.807, 2.05) is 48.7 Å². The highest BCUT2D eigenvalue weighted by molar-refractivity contribution is 7.80. The number of anilines is 1. The minimum atomic E-state index is -0.122. The second-order valence-corrected chi connectivity index (χ2v) is 11.0. The van der Waals surface area contributed by atoms with Crippen molar-refractivity contribution in [2.75, 3.05) is 51.8 Å². The molecule has 0 aliphatic carbocycles. The molecule has 0 bridgehead atoms. The van der Waals surface area contributed by atoms with Crippen LogP contribution in [0, 0.1) is 13.8 Å². The Morgan fingerprint density at radius 2 is 1.90 bits per heavy atom. The van der Waals surface area contributed by atoms with Crippen LogP contribution in [0.25, 0.3) is 0 Å². The lowest BCUT2D eigenvalue weighted by molar-refractivity contribution is -0.116. The lowest BCUT2D eigenvalue weighted by Gasteiger charge is -2.28. The van der Waals surface area contributed by atoms with Crippen molar-refractivity contribution >= 4 is 28.9 Å². The van der Waals surface area contributed by atoms with Crippen LogP contribution in [0.2, 0.25) is 0 Å². The molecule has 41 heavy (non-hydrogen) atoms. The quantitative estimate of drug-likeness (QED) is 0.328. The van der Waals surface area contributed by atoms with E-state index < -0.39 is 0 Å². The topological polar surface area (TPSA) is 83.9 Å². The number of nitrogens with zero attached hydrogens (tertiary/aromatic N) is 4. The van der Waals surface area contributed by atoms with Crippen LogP contribution in [0.15, 0.2) is 54.7 Å². The molecule has 2 aromatic heterocycles. The van der Waals surface area contributed by atoms with Crippen molar-refractivity contribution in [2.45, 2.75) is 45.3 Å². The second-order valence-electron chi connectivity index (χ2n) is 10.6.